The normalized spacial score (nSPS) is 30.7. The Bertz CT molecular complexity index is 83.1. The van der Waals surface area contributed by atoms with Gasteiger partial charge in [0.15, 0.2) is 0 Å². The molecule has 1 heterocycles. The van der Waals surface area contributed by atoms with E-state index < -0.39 is 0 Å². The van der Waals surface area contributed by atoms with E-state index in [9.17, 15) is 0 Å². The molecular weight excluding hydrogens is 134 g/mol. The van der Waals surface area contributed by atoms with Gasteiger partial charge >= 0.3 is 0 Å². The van der Waals surface area contributed by atoms with Gasteiger partial charge in [-0.1, -0.05) is 0 Å². The second-order valence-electron chi connectivity index (χ2n) is 2.46. The van der Waals surface area contributed by atoms with Crippen LogP contribution in [-0.4, -0.2) is 17.6 Å². The Labute approximate surface area is 60.1 Å². The van der Waals surface area contributed by atoms with Crippen molar-refractivity contribution in [1.82, 2.24) is 0 Å². The molecule has 0 saturated carbocycles. The van der Waals surface area contributed by atoms with Crippen molar-refractivity contribution in [3.8, 4) is 0 Å². The molecule has 0 aromatic carbocycles. The van der Waals surface area contributed by atoms with Crippen LogP contribution in [0.5, 0.6) is 0 Å². The van der Waals surface area contributed by atoms with Crippen LogP contribution in [0.15, 0.2) is 0 Å². The van der Waals surface area contributed by atoms with Crippen LogP contribution >= 0.6 is 11.8 Å². The molecule has 2 nitrogen and oxygen atoms in total. The fourth-order valence-corrected chi connectivity index (χ4v) is 2.41. The van der Waals surface area contributed by atoms with Gasteiger partial charge in [-0.3, -0.25) is 0 Å². The molecule has 1 aliphatic heterocycles. The summed E-state index contributed by atoms with van der Waals surface area (Å²) in [6, 6.07) is 0. The monoisotopic (exact) mass is 147 g/mol. The SMILES string of the molecule is CC(ON)C1CCSC1. The Balaban J connectivity index is 2.24. The van der Waals surface area contributed by atoms with Crippen LogP contribution in [0.2, 0.25) is 0 Å². The highest BCUT2D eigenvalue weighted by atomic mass is 32.2. The predicted molar refractivity (Wildman–Crippen MR) is 40.2 cm³/mol. The van der Waals surface area contributed by atoms with Crippen LogP contribution in [0, 0.1) is 5.92 Å². The Morgan fingerprint density at radius 3 is 3.00 bits per heavy atom. The molecule has 0 spiro atoms. The molecule has 0 radical (unpaired) electrons. The van der Waals surface area contributed by atoms with E-state index in [1.54, 1.807) is 0 Å². The summed E-state index contributed by atoms with van der Waals surface area (Å²) in [6.07, 6.45) is 1.52. The van der Waals surface area contributed by atoms with Crippen molar-refractivity contribution in [3.63, 3.8) is 0 Å². The first kappa shape index (κ1) is 7.38. The third-order valence-electron chi connectivity index (χ3n) is 1.84. The lowest BCUT2D eigenvalue weighted by Gasteiger charge is -2.14. The van der Waals surface area contributed by atoms with Gasteiger partial charge in [0.1, 0.15) is 0 Å². The Kier molecular flexibility index (Phi) is 2.82. The number of thioether (sulfide) groups is 1. The lowest BCUT2D eigenvalue weighted by molar-refractivity contribution is 0.0320. The van der Waals surface area contributed by atoms with Crippen molar-refractivity contribution < 1.29 is 4.84 Å². The fraction of sp³-hybridized carbons (Fsp3) is 1.00. The highest BCUT2D eigenvalue weighted by molar-refractivity contribution is 7.99. The second-order valence-corrected chi connectivity index (χ2v) is 3.61. The molecule has 0 bridgehead atoms. The van der Waals surface area contributed by atoms with E-state index in [2.05, 4.69) is 0 Å². The van der Waals surface area contributed by atoms with Crippen molar-refractivity contribution in [1.29, 1.82) is 0 Å². The molecule has 2 atom stereocenters. The number of hydrogen-bond donors (Lipinski definition) is 1. The van der Waals surface area contributed by atoms with Crippen molar-refractivity contribution >= 4 is 11.8 Å². The fourth-order valence-electron chi connectivity index (χ4n) is 1.03. The maximum atomic E-state index is 5.04. The van der Waals surface area contributed by atoms with E-state index >= 15 is 0 Å². The van der Waals surface area contributed by atoms with Gasteiger partial charge in [-0.05, 0) is 30.8 Å². The number of nitrogens with two attached hydrogens (primary N) is 1. The molecule has 1 aliphatic rings. The smallest absolute Gasteiger partial charge is 0.0795 e. The molecule has 0 amide bonds. The zero-order valence-corrected chi connectivity index (χ0v) is 6.49. The van der Waals surface area contributed by atoms with Crippen LogP contribution in [0.25, 0.3) is 0 Å². The van der Waals surface area contributed by atoms with Gasteiger partial charge in [-0.2, -0.15) is 11.8 Å². The average Bonchev–Trinajstić information content (AvgIpc) is 2.37. The number of hydrogen-bond acceptors (Lipinski definition) is 3. The quantitative estimate of drug-likeness (QED) is 0.592. The summed E-state index contributed by atoms with van der Waals surface area (Å²) in [5.74, 6) is 8.23. The van der Waals surface area contributed by atoms with E-state index in [0.29, 0.717) is 5.92 Å². The van der Waals surface area contributed by atoms with E-state index in [1.165, 1.54) is 17.9 Å². The van der Waals surface area contributed by atoms with Gasteiger partial charge in [-0.25, -0.2) is 5.90 Å². The topological polar surface area (TPSA) is 35.2 Å². The van der Waals surface area contributed by atoms with Gasteiger partial charge in [0.25, 0.3) is 0 Å². The maximum absolute atomic E-state index is 5.04. The largest absolute Gasteiger partial charge is 0.301 e. The summed E-state index contributed by atoms with van der Waals surface area (Å²) in [6.45, 7) is 2.04. The summed E-state index contributed by atoms with van der Waals surface area (Å²) >= 11 is 1.99. The summed E-state index contributed by atoms with van der Waals surface area (Å²) in [4.78, 5) is 4.72. The summed E-state index contributed by atoms with van der Waals surface area (Å²) in [5.41, 5.74) is 0. The lowest BCUT2D eigenvalue weighted by Crippen LogP contribution is -2.23. The van der Waals surface area contributed by atoms with Gasteiger partial charge in [0, 0.05) is 0 Å². The van der Waals surface area contributed by atoms with Crippen LogP contribution < -0.4 is 5.90 Å². The van der Waals surface area contributed by atoms with Gasteiger partial charge in [0.2, 0.25) is 0 Å². The van der Waals surface area contributed by atoms with Crippen molar-refractivity contribution in [2.75, 3.05) is 11.5 Å². The summed E-state index contributed by atoms with van der Waals surface area (Å²) in [7, 11) is 0. The zero-order valence-electron chi connectivity index (χ0n) is 5.67. The maximum Gasteiger partial charge on any atom is 0.0795 e. The van der Waals surface area contributed by atoms with E-state index in [1.807, 2.05) is 18.7 Å². The number of rotatable bonds is 2. The first-order valence-electron chi connectivity index (χ1n) is 3.28. The predicted octanol–water partition coefficient (Wildman–Crippen LogP) is 1.02. The summed E-state index contributed by atoms with van der Waals surface area (Å²) < 4.78 is 0. The molecular formula is C6H13NOS. The Morgan fingerprint density at radius 2 is 2.56 bits per heavy atom. The minimum absolute atomic E-state index is 0.250. The van der Waals surface area contributed by atoms with Gasteiger partial charge in [-0.15, -0.1) is 0 Å². The van der Waals surface area contributed by atoms with Crippen molar-refractivity contribution in [2.45, 2.75) is 19.4 Å². The third kappa shape index (κ3) is 1.85. The van der Waals surface area contributed by atoms with Gasteiger partial charge < -0.3 is 4.84 Å². The van der Waals surface area contributed by atoms with Crippen LogP contribution in [-0.2, 0) is 4.84 Å². The minimum atomic E-state index is 0.250. The van der Waals surface area contributed by atoms with Crippen LogP contribution in [0.3, 0.4) is 0 Å². The molecule has 54 valence electrons. The van der Waals surface area contributed by atoms with E-state index in [-0.39, 0.29) is 6.10 Å². The molecule has 1 fully saturated rings. The van der Waals surface area contributed by atoms with Crippen molar-refractivity contribution in [2.24, 2.45) is 11.8 Å². The molecule has 1 rings (SSSR count). The van der Waals surface area contributed by atoms with Gasteiger partial charge in [0.05, 0.1) is 6.10 Å². The average molecular weight is 147 g/mol. The van der Waals surface area contributed by atoms with Crippen molar-refractivity contribution in [3.05, 3.63) is 0 Å². The molecule has 9 heavy (non-hydrogen) atoms. The summed E-state index contributed by atoms with van der Waals surface area (Å²) in [5, 5.41) is 0. The molecule has 0 aromatic heterocycles. The zero-order chi connectivity index (χ0) is 6.69. The standard InChI is InChI=1S/C6H13NOS/c1-5(8-7)6-2-3-9-4-6/h5-6H,2-4,7H2,1H3. The lowest BCUT2D eigenvalue weighted by atomic mass is 10.0. The first-order chi connectivity index (χ1) is 4.34. The molecule has 0 aliphatic carbocycles. The Hall–Kier alpha value is 0.270. The van der Waals surface area contributed by atoms with Crippen LogP contribution in [0.1, 0.15) is 13.3 Å². The minimum Gasteiger partial charge on any atom is -0.301 e. The third-order valence-corrected chi connectivity index (χ3v) is 3.03. The molecule has 2 N–H and O–H groups in total. The molecule has 1 saturated heterocycles. The highest BCUT2D eigenvalue weighted by Gasteiger charge is 2.21. The van der Waals surface area contributed by atoms with E-state index in [0.717, 1.165) is 0 Å². The Morgan fingerprint density at radius 1 is 1.78 bits per heavy atom. The highest BCUT2D eigenvalue weighted by Crippen LogP contribution is 2.26. The molecule has 3 heteroatoms. The molecule has 2 unspecified atom stereocenters. The van der Waals surface area contributed by atoms with E-state index in [4.69, 9.17) is 10.7 Å². The van der Waals surface area contributed by atoms with Crippen LogP contribution in [0.4, 0.5) is 0 Å². The first-order valence-corrected chi connectivity index (χ1v) is 4.43. The second kappa shape index (κ2) is 3.44. The molecule has 0 aromatic rings.